The second-order valence-electron chi connectivity index (χ2n) is 25.9. The van der Waals surface area contributed by atoms with Crippen LogP contribution in [0.3, 0.4) is 0 Å². The molecule has 1 nitrogen and oxygen atoms in total. The third-order valence-corrected chi connectivity index (χ3v) is 29.6. The molecule has 0 aromatic heterocycles. The molecule has 12 aromatic rings. The Balaban J connectivity index is 0.000000182. The predicted molar refractivity (Wildman–Crippen MR) is 442 cm³/mol. The van der Waals surface area contributed by atoms with Gasteiger partial charge in [-0.3, -0.25) is 0 Å². The second kappa shape index (κ2) is 40.7. The number of benzene rings is 12. The van der Waals surface area contributed by atoms with Gasteiger partial charge in [0.25, 0.3) is 0 Å². The van der Waals surface area contributed by atoms with Gasteiger partial charge in [-0.25, -0.2) is 0 Å². The molecule has 0 atom stereocenters. The van der Waals surface area contributed by atoms with E-state index >= 15 is 0 Å². The first-order valence-electron chi connectivity index (χ1n) is 35.6. The molecule has 0 saturated carbocycles. The molecule has 0 heterocycles. The molecule has 0 fully saturated rings. The number of quaternary nitrogens is 1. The summed E-state index contributed by atoms with van der Waals surface area (Å²) in [6.45, 7) is 0. The number of nitrogens with two attached hydrogens (primary N) is 1. The van der Waals surface area contributed by atoms with Gasteiger partial charge in [0, 0.05) is 0 Å². The number of hydrogen-bond acceptors (Lipinski definition) is 0. The molecule has 4 aliphatic carbocycles. The first-order chi connectivity index (χ1) is 50.0. The summed E-state index contributed by atoms with van der Waals surface area (Å²) in [7, 11) is 20.4. The molecular formula is C90H88Cl5NP4Ru2. The number of fused-ring (bicyclic) bond motifs is 4. The Morgan fingerprint density at radius 3 is 0.510 bits per heavy atom. The van der Waals surface area contributed by atoms with Crippen molar-refractivity contribution in [1.29, 1.82) is 0 Å². The van der Waals surface area contributed by atoms with Crippen molar-refractivity contribution in [3.05, 3.63) is 336 Å². The van der Waals surface area contributed by atoms with Gasteiger partial charge in [-0.2, -0.15) is 0 Å². The summed E-state index contributed by atoms with van der Waals surface area (Å²) in [6, 6.07) is 111. The van der Waals surface area contributed by atoms with Crippen LogP contribution in [0.5, 0.6) is 0 Å². The molecular weight excluding hydrogens is 1600 g/mol. The van der Waals surface area contributed by atoms with Gasteiger partial charge in [-0.1, -0.05) is 291 Å². The average molecular weight is 1690 g/mol. The monoisotopic (exact) mass is 1690 g/mol. The summed E-state index contributed by atoms with van der Waals surface area (Å²) in [4.78, 5) is 0. The summed E-state index contributed by atoms with van der Waals surface area (Å²) >= 11 is -0.691. The van der Waals surface area contributed by atoms with E-state index in [0.717, 1.165) is 0 Å². The molecule has 0 radical (unpaired) electrons. The zero-order valence-electron chi connectivity index (χ0n) is 58.0. The molecule has 0 bridgehead atoms. The van der Waals surface area contributed by atoms with E-state index < -0.39 is 31.7 Å². The zero-order valence-corrected chi connectivity index (χ0v) is 68.8. The Morgan fingerprint density at radius 2 is 0.363 bits per heavy atom. The van der Waals surface area contributed by atoms with Crippen molar-refractivity contribution >= 4 is 134 Å². The Kier molecular flexibility index (Phi) is 31.1. The third-order valence-electron chi connectivity index (χ3n) is 19.6. The summed E-state index contributed by atoms with van der Waals surface area (Å²) in [5.74, 6) is 0. The minimum atomic E-state index is -0.752. The maximum atomic E-state index is 4.85. The third kappa shape index (κ3) is 18.9. The van der Waals surface area contributed by atoms with E-state index in [1.807, 2.05) is 19.4 Å². The van der Waals surface area contributed by atoms with Crippen LogP contribution in [0.4, 0.5) is 0 Å². The molecule has 2 N–H and O–H groups in total. The number of aryl methyl sites for hydroxylation is 4. The number of rotatable bonds is 14. The van der Waals surface area contributed by atoms with Crippen LogP contribution < -0.4 is 81.4 Å². The van der Waals surface area contributed by atoms with Crippen molar-refractivity contribution in [2.45, 2.75) is 103 Å². The molecule has 12 aromatic carbocycles. The smallest absolute Gasteiger partial charge is 0.00559 e. The summed E-state index contributed by atoms with van der Waals surface area (Å²) in [5.41, 5.74) is 19.1. The van der Waals surface area contributed by atoms with E-state index in [9.17, 15) is 0 Å². The fourth-order valence-corrected chi connectivity index (χ4v) is 25.4. The molecule has 0 amide bonds. The van der Waals surface area contributed by atoms with Crippen LogP contribution in [0.15, 0.2) is 291 Å². The second-order valence-corrected chi connectivity index (χ2v) is 39.9. The van der Waals surface area contributed by atoms with Crippen molar-refractivity contribution in [2.75, 3.05) is 14.1 Å². The molecule has 0 spiro atoms. The maximum Gasteiger partial charge on any atom is -0.00559 e. The van der Waals surface area contributed by atoms with Gasteiger partial charge in [0.15, 0.2) is 0 Å². The Bertz CT molecular complexity index is 3810. The molecule has 0 aliphatic heterocycles. The van der Waals surface area contributed by atoms with Gasteiger partial charge in [0.05, 0.1) is 14.1 Å². The Labute approximate surface area is 650 Å². The standard InChI is InChI=1S/2C44H40P2.C2H7N.5ClH.2Ru/c2*1-5-19-35(20-6-1)45(36-21-7-2-8-22-36)41-31-29-33-17-13-15-27-39(33)43(41)44-40-28-16-14-18-34(40)30-32-42(44)46(37-23-9-3-10-24-37)38-25-11-4-12-26-38;1-3-2;;;;;;;/h2*1-12,19-26,29-32H,13-18,27-28H2;3H,1-2H3;5*1H;;/q;;;;;;;;2*+2/p-4. The molecule has 524 valence electrons. The first-order valence-corrected chi connectivity index (χ1v) is 49.9. The summed E-state index contributed by atoms with van der Waals surface area (Å²) in [5, 5.41) is 19.6. The van der Waals surface area contributed by atoms with E-state index in [1.165, 1.54) is 166 Å². The van der Waals surface area contributed by atoms with Crippen molar-refractivity contribution < 1.29 is 48.0 Å². The van der Waals surface area contributed by atoms with Crippen LogP contribution in [0.25, 0.3) is 22.3 Å². The number of halogens is 5. The van der Waals surface area contributed by atoms with Crippen molar-refractivity contribution in [1.82, 2.24) is 0 Å². The Hall–Kier alpha value is -4.98. The normalized spacial score (nSPS) is 13.4. The van der Waals surface area contributed by atoms with Gasteiger partial charge in [-0.05, 0) is 265 Å². The van der Waals surface area contributed by atoms with Crippen LogP contribution in [0.2, 0.25) is 0 Å². The van der Waals surface area contributed by atoms with Gasteiger partial charge < -0.3 is 17.7 Å². The average Bonchev–Trinajstić information content (AvgIpc) is 0.738. The van der Waals surface area contributed by atoms with Gasteiger partial charge in [-0.15, -0.1) is 0 Å². The van der Waals surface area contributed by atoms with Gasteiger partial charge in [0.2, 0.25) is 0 Å². The minimum absolute atomic E-state index is 0. The SMILES string of the molecule is C[NH2+]C.[Cl-].[Cl][Ru][Cl].[Cl][Ru][Cl].c1ccc(P(c2ccccc2)c2ccc3c(c2-c2c(P(c4ccccc4)c4ccccc4)ccc4c2CCCC4)CCCC3)cc1.c1ccc(P(c2ccccc2)c2ccc3c(c2-c2c(P(c4ccccc4)c4ccccc4)ccc4c2CCCC4)CCCC3)cc1. The van der Waals surface area contributed by atoms with E-state index in [1.54, 1.807) is 66.8 Å². The maximum absolute atomic E-state index is 4.85. The van der Waals surface area contributed by atoms with Gasteiger partial charge in [0.1, 0.15) is 0 Å². The summed E-state index contributed by atoms with van der Waals surface area (Å²) in [6.07, 6.45) is 19.7. The van der Waals surface area contributed by atoms with Crippen LogP contribution in [-0.2, 0) is 81.7 Å². The van der Waals surface area contributed by atoms with Crippen LogP contribution in [0.1, 0.15) is 95.9 Å². The predicted octanol–water partition coefficient (Wildman–Crippen LogP) is 15.8. The van der Waals surface area contributed by atoms with Crippen molar-refractivity contribution in [2.24, 2.45) is 0 Å². The summed E-state index contributed by atoms with van der Waals surface area (Å²) < 4.78 is 0. The molecule has 102 heavy (non-hydrogen) atoms. The number of hydrogen-bond donors (Lipinski definition) is 1. The molecule has 16 rings (SSSR count). The van der Waals surface area contributed by atoms with E-state index in [0.29, 0.717) is 0 Å². The van der Waals surface area contributed by atoms with Gasteiger partial charge >= 0.3 is 69.1 Å². The van der Waals surface area contributed by atoms with Crippen LogP contribution in [-0.4, -0.2) is 14.1 Å². The zero-order chi connectivity index (χ0) is 69.5. The largest absolute Gasteiger partial charge is 0.0622 e. The molecule has 4 aliphatic rings. The fraction of sp³-hybridized carbons (Fsp3) is 0.200. The quantitative estimate of drug-likeness (QED) is 0.0825. The molecule has 12 heteroatoms. The first kappa shape index (κ1) is 78.1. The van der Waals surface area contributed by atoms with Crippen LogP contribution in [0, 0.1) is 0 Å². The fourth-order valence-electron chi connectivity index (χ4n) is 15.4. The van der Waals surface area contributed by atoms with Crippen LogP contribution >= 0.6 is 70.5 Å². The minimum Gasteiger partial charge on any atom is -0.0622 e. The topological polar surface area (TPSA) is 16.6 Å². The van der Waals surface area contributed by atoms with E-state index in [2.05, 4.69) is 291 Å². The molecule has 0 unspecified atom stereocenters. The van der Waals surface area contributed by atoms with Crippen molar-refractivity contribution in [3.8, 4) is 22.3 Å². The van der Waals surface area contributed by atoms with Crippen molar-refractivity contribution in [3.63, 3.8) is 0 Å². The Morgan fingerprint density at radius 1 is 0.225 bits per heavy atom. The van der Waals surface area contributed by atoms with E-state index in [4.69, 9.17) is 38.8 Å². The molecule has 0 saturated heterocycles. The van der Waals surface area contributed by atoms with E-state index in [-0.39, 0.29) is 42.7 Å².